The molecule has 0 saturated carbocycles. The summed E-state index contributed by atoms with van der Waals surface area (Å²) >= 11 is 0. The Morgan fingerprint density at radius 3 is 2.59 bits per heavy atom. The number of aliphatic carboxylic acids is 1. The molecule has 22 heavy (non-hydrogen) atoms. The summed E-state index contributed by atoms with van der Waals surface area (Å²) in [5.74, 6) is -3.37. The fourth-order valence-electron chi connectivity index (χ4n) is 2.28. The van der Waals surface area contributed by atoms with Crippen molar-refractivity contribution in [2.45, 2.75) is 13.3 Å². The molecule has 1 amide bonds. The second-order valence-corrected chi connectivity index (χ2v) is 4.89. The topological polar surface area (TPSA) is 71.3 Å². The Morgan fingerprint density at radius 2 is 2.00 bits per heavy atom. The van der Waals surface area contributed by atoms with Gasteiger partial charge in [0.05, 0.1) is 17.7 Å². The van der Waals surface area contributed by atoms with Crippen molar-refractivity contribution in [3.05, 3.63) is 52.9 Å². The number of carbonyl (C=O) groups excluding carboxylic acids is 1. The molecule has 2 rings (SSSR count). The van der Waals surface area contributed by atoms with Crippen molar-refractivity contribution in [2.24, 2.45) is 7.05 Å². The van der Waals surface area contributed by atoms with E-state index in [1.165, 1.54) is 0 Å². The predicted molar refractivity (Wildman–Crippen MR) is 75.8 cm³/mol. The zero-order valence-electron chi connectivity index (χ0n) is 12.0. The number of benzene rings is 1. The van der Waals surface area contributed by atoms with Gasteiger partial charge in [0.1, 0.15) is 11.6 Å². The van der Waals surface area contributed by atoms with Gasteiger partial charge in [0.2, 0.25) is 0 Å². The fraction of sp³-hybridized carbons (Fsp3) is 0.200. The van der Waals surface area contributed by atoms with Crippen LogP contribution < -0.4 is 5.32 Å². The van der Waals surface area contributed by atoms with E-state index in [4.69, 9.17) is 5.11 Å². The number of carboxylic acid groups (broad SMARTS) is 1. The standard InChI is InChI=1S/C15H14F2N2O3/c1-8-7-19(2)12(6-13(20)21)14(8)15(22)18-11-4-3-9(16)5-10(11)17/h3-5,7H,6H2,1-2H3,(H,18,22)(H,20,21). The molecular formula is C15H14F2N2O3. The summed E-state index contributed by atoms with van der Waals surface area (Å²) in [4.78, 5) is 23.2. The zero-order chi connectivity index (χ0) is 16.4. The Balaban J connectivity index is 2.35. The van der Waals surface area contributed by atoms with E-state index >= 15 is 0 Å². The van der Waals surface area contributed by atoms with E-state index in [1.54, 1.807) is 24.7 Å². The van der Waals surface area contributed by atoms with Crippen LogP contribution in [0.15, 0.2) is 24.4 Å². The highest BCUT2D eigenvalue weighted by Crippen LogP contribution is 2.21. The Bertz CT molecular complexity index is 753. The molecule has 1 aromatic heterocycles. The summed E-state index contributed by atoms with van der Waals surface area (Å²) in [5, 5.41) is 11.3. The van der Waals surface area contributed by atoms with E-state index in [1.807, 2.05) is 0 Å². The minimum absolute atomic E-state index is 0.170. The number of amides is 1. The molecule has 0 unspecified atom stereocenters. The molecule has 0 spiro atoms. The van der Waals surface area contributed by atoms with Crippen LogP contribution in [0.25, 0.3) is 0 Å². The van der Waals surface area contributed by atoms with Crippen LogP contribution in [-0.2, 0) is 18.3 Å². The molecule has 116 valence electrons. The van der Waals surface area contributed by atoms with Gasteiger partial charge in [-0.2, -0.15) is 0 Å². The highest BCUT2D eigenvalue weighted by atomic mass is 19.1. The first-order chi connectivity index (χ1) is 10.3. The highest BCUT2D eigenvalue weighted by molar-refractivity contribution is 6.06. The molecule has 0 fully saturated rings. The minimum Gasteiger partial charge on any atom is -0.481 e. The van der Waals surface area contributed by atoms with E-state index in [9.17, 15) is 18.4 Å². The van der Waals surface area contributed by atoms with E-state index in [2.05, 4.69) is 5.32 Å². The normalized spacial score (nSPS) is 10.5. The van der Waals surface area contributed by atoms with Crippen LogP contribution in [0.3, 0.4) is 0 Å². The minimum atomic E-state index is -1.08. The summed E-state index contributed by atoms with van der Waals surface area (Å²) in [6.07, 6.45) is 1.28. The van der Waals surface area contributed by atoms with Crippen molar-refractivity contribution >= 4 is 17.6 Å². The maximum atomic E-state index is 13.6. The maximum Gasteiger partial charge on any atom is 0.309 e. The maximum absolute atomic E-state index is 13.6. The quantitative estimate of drug-likeness (QED) is 0.911. The van der Waals surface area contributed by atoms with Crippen LogP contribution >= 0.6 is 0 Å². The molecule has 5 nitrogen and oxygen atoms in total. The Kier molecular flexibility index (Phi) is 4.25. The van der Waals surface area contributed by atoms with Crippen molar-refractivity contribution in [1.82, 2.24) is 4.57 Å². The van der Waals surface area contributed by atoms with Crippen LogP contribution in [0.5, 0.6) is 0 Å². The summed E-state index contributed by atoms with van der Waals surface area (Å²) in [6, 6.07) is 2.79. The Labute approximate surface area is 125 Å². The molecule has 0 saturated heterocycles. The first kappa shape index (κ1) is 15.7. The first-order valence-corrected chi connectivity index (χ1v) is 6.42. The number of nitrogens with zero attached hydrogens (tertiary/aromatic N) is 1. The average molecular weight is 308 g/mol. The second-order valence-electron chi connectivity index (χ2n) is 4.89. The van der Waals surface area contributed by atoms with Gasteiger partial charge in [-0.1, -0.05) is 0 Å². The second kappa shape index (κ2) is 5.97. The summed E-state index contributed by atoms with van der Waals surface area (Å²) in [5.41, 5.74) is 0.883. The Morgan fingerprint density at radius 1 is 1.32 bits per heavy atom. The van der Waals surface area contributed by atoms with Crippen LogP contribution in [0.1, 0.15) is 21.6 Å². The van der Waals surface area contributed by atoms with Crippen LogP contribution in [-0.4, -0.2) is 21.6 Å². The molecule has 7 heteroatoms. The van der Waals surface area contributed by atoms with Crippen molar-refractivity contribution in [3.8, 4) is 0 Å². The van der Waals surface area contributed by atoms with E-state index in [-0.39, 0.29) is 17.7 Å². The molecule has 0 atom stereocenters. The monoisotopic (exact) mass is 308 g/mol. The molecule has 0 aliphatic rings. The molecule has 1 aromatic carbocycles. The zero-order valence-corrected chi connectivity index (χ0v) is 12.0. The van der Waals surface area contributed by atoms with Crippen LogP contribution in [0.4, 0.5) is 14.5 Å². The molecule has 0 bridgehead atoms. The molecule has 2 aromatic rings. The lowest BCUT2D eigenvalue weighted by Crippen LogP contribution is -2.17. The van der Waals surface area contributed by atoms with Gasteiger partial charge in [0, 0.05) is 25.0 Å². The lowest BCUT2D eigenvalue weighted by atomic mass is 10.1. The number of aryl methyl sites for hydroxylation is 2. The summed E-state index contributed by atoms with van der Waals surface area (Å²) in [6.45, 7) is 1.65. The largest absolute Gasteiger partial charge is 0.481 e. The number of rotatable bonds is 4. The molecule has 0 radical (unpaired) electrons. The molecular weight excluding hydrogens is 294 g/mol. The van der Waals surface area contributed by atoms with Gasteiger partial charge in [0.15, 0.2) is 0 Å². The fourth-order valence-corrected chi connectivity index (χ4v) is 2.28. The summed E-state index contributed by atoms with van der Waals surface area (Å²) in [7, 11) is 1.63. The van der Waals surface area contributed by atoms with Crippen LogP contribution in [0, 0.1) is 18.6 Å². The number of halogens is 2. The third-order valence-corrected chi connectivity index (χ3v) is 3.22. The molecule has 1 heterocycles. The van der Waals surface area contributed by atoms with E-state index < -0.39 is 23.5 Å². The number of anilines is 1. The third kappa shape index (κ3) is 3.13. The van der Waals surface area contributed by atoms with E-state index in [0.717, 1.165) is 12.1 Å². The van der Waals surface area contributed by atoms with Gasteiger partial charge < -0.3 is 15.0 Å². The molecule has 0 aliphatic carbocycles. The van der Waals surface area contributed by atoms with Gasteiger partial charge in [-0.25, -0.2) is 8.78 Å². The average Bonchev–Trinajstić information content (AvgIpc) is 2.67. The first-order valence-electron chi connectivity index (χ1n) is 6.42. The van der Waals surface area contributed by atoms with Gasteiger partial charge in [-0.05, 0) is 24.6 Å². The van der Waals surface area contributed by atoms with Gasteiger partial charge in [-0.3, -0.25) is 9.59 Å². The number of hydrogen-bond donors (Lipinski definition) is 2. The highest BCUT2D eigenvalue weighted by Gasteiger charge is 2.21. The van der Waals surface area contributed by atoms with Crippen molar-refractivity contribution < 1.29 is 23.5 Å². The van der Waals surface area contributed by atoms with E-state index in [0.29, 0.717) is 17.3 Å². The van der Waals surface area contributed by atoms with Crippen molar-refractivity contribution in [3.63, 3.8) is 0 Å². The smallest absolute Gasteiger partial charge is 0.309 e. The van der Waals surface area contributed by atoms with Gasteiger partial charge >= 0.3 is 5.97 Å². The third-order valence-electron chi connectivity index (χ3n) is 3.22. The van der Waals surface area contributed by atoms with Crippen molar-refractivity contribution in [1.29, 1.82) is 0 Å². The number of nitrogens with one attached hydrogen (secondary N) is 1. The summed E-state index contributed by atoms with van der Waals surface area (Å²) < 4.78 is 28.0. The lowest BCUT2D eigenvalue weighted by molar-refractivity contribution is -0.136. The number of hydrogen-bond acceptors (Lipinski definition) is 2. The Hall–Kier alpha value is -2.70. The number of carbonyl (C=O) groups is 2. The van der Waals surface area contributed by atoms with Gasteiger partial charge in [0.25, 0.3) is 5.91 Å². The lowest BCUT2D eigenvalue weighted by Gasteiger charge is -2.09. The van der Waals surface area contributed by atoms with Gasteiger partial charge in [-0.15, -0.1) is 0 Å². The molecule has 0 aliphatic heterocycles. The van der Waals surface area contributed by atoms with Crippen molar-refractivity contribution in [2.75, 3.05) is 5.32 Å². The predicted octanol–water partition coefficient (Wildman–Crippen LogP) is 2.49. The van der Waals surface area contributed by atoms with Crippen LogP contribution in [0.2, 0.25) is 0 Å². The number of carboxylic acids is 1. The molecule has 2 N–H and O–H groups in total. The number of aromatic nitrogens is 1. The SMILES string of the molecule is Cc1cn(C)c(CC(=O)O)c1C(=O)Nc1ccc(F)cc1F.